The standard InChI is InChI=1S/C19H16ClN3O4S/c1-3-27-14-7-4-12(5-8-14)19-21-11(2)17(28-19)18(24)22-13-6-9-15(20)16(10-13)23(25)26/h4-10H,3H2,1-2H3,(H,22,24). The number of aryl methyl sites for hydroxylation is 1. The normalized spacial score (nSPS) is 10.5. The number of anilines is 1. The Bertz CT molecular complexity index is 1030. The van der Waals surface area contributed by atoms with Gasteiger partial charge in [0.15, 0.2) is 0 Å². The fourth-order valence-corrected chi connectivity index (χ4v) is 3.66. The van der Waals surface area contributed by atoms with Gasteiger partial charge >= 0.3 is 0 Å². The number of benzene rings is 2. The van der Waals surface area contributed by atoms with E-state index in [1.54, 1.807) is 6.92 Å². The Labute approximate surface area is 170 Å². The van der Waals surface area contributed by atoms with Crippen LogP contribution in [0.4, 0.5) is 11.4 Å². The predicted molar refractivity (Wildman–Crippen MR) is 110 cm³/mol. The Hall–Kier alpha value is -2.97. The molecule has 3 rings (SSSR count). The summed E-state index contributed by atoms with van der Waals surface area (Å²) in [7, 11) is 0. The molecule has 0 bridgehead atoms. The highest BCUT2D eigenvalue weighted by Gasteiger charge is 2.19. The van der Waals surface area contributed by atoms with E-state index in [2.05, 4.69) is 10.3 Å². The third-order valence-corrected chi connectivity index (χ3v) is 5.34. The van der Waals surface area contributed by atoms with E-state index in [1.165, 1.54) is 29.5 Å². The highest BCUT2D eigenvalue weighted by molar-refractivity contribution is 7.17. The monoisotopic (exact) mass is 417 g/mol. The molecular weight excluding hydrogens is 402 g/mol. The third kappa shape index (κ3) is 4.29. The van der Waals surface area contributed by atoms with Crippen molar-refractivity contribution in [2.24, 2.45) is 0 Å². The van der Waals surface area contributed by atoms with Gasteiger partial charge in [-0.1, -0.05) is 11.6 Å². The molecule has 0 unspecified atom stereocenters. The fourth-order valence-electron chi connectivity index (χ4n) is 2.51. The second-order valence-electron chi connectivity index (χ2n) is 5.77. The maximum Gasteiger partial charge on any atom is 0.289 e. The number of ether oxygens (including phenoxy) is 1. The van der Waals surface area contributed by atoms with Gasteiger partial charge < -0.3 is 10.1 Å². The molecule has 1 amide bonds. The molecule has 0 saturated carbocycles. The molecule has 3 aromatic rings. The van der Waals surface area contributed by atoms with E-state index in [-0.39, 0.29) is 22.3 Å². The van der Waals surface area contributed by atoms with Crippen molar-refractivity contribution < 1.29 is 14.5 Å². The molecule has 0 aliphatic carbocycles. The Morgan fingerprint density at radius 3 is 2.64 bits per heavy atom. The van der Waals surface area contributed by atoms with Crippen molar-refractivity contribution in [3.05, 3.63) is 68.2 Å². The van der Waals surface area contributed by atoms with E-state index in [0.717, 1.165) is 11.3 Å². The molecule has 0 aliphatic heterocycles. The van der Waals surface area contributed by atoms with Gasteiger partial charge in [0.05, 0.1) is 17.2 Å². The SMILES string of the molecule is CCOc1ccc(-c2nc(C)c(C(=O)Nc3ccc(Cl)c([N+](=O)[O-])c3)s2)cc1. The van der Waals surface area contributed by atoms with Gasteiger partial charge in [-0.3, -0.25) is 14.9 Å². The first-order valence-electron chi connectivity index (χ1n) is 8.35. The van der Waals surface area contributed by atoms with Gasteiger partial charge in [-0.15, -0.1) is 11.3 Å². The first kappa shape index (κ1) is 19.8. The number of hydrogen-bond acceptors (Lipinski definition) is 6. The van der Waals surface area contributed by atoms with Crippen LogP contribution in [-0.4, -0.2) is 22.4 Å². The van der Waals surface area contributed by atoms with Crippen LogP contribution in [0, 0.1) is 17.0 Å². The lowest BCUT2D eigenvalue weighted by molar-refractivity contribution is -0.384. The minimum atomic E-state index is -0.597. The van der Waals surface area contributed by atoms with Crippen molar-refractivity contribution in [2.45, 2.75) is 13.8 Å². The first-order valence-corrected chi connectivity index (χ1v) is 9.54. The van der Waals surface area contributed by atoms with Crippen LogP contribution >= 0.6 is 22.9 Å². The van der Waals surface area contributed by atoms with Crippen LogP contribution in [0.25, 0.3) is 10.6 Å². The first-order chi connectivity index (χ1) is 13.4. The minimum absolute atomic E-state index is 0.00903. The molecule has 7 nitrogen and oxygen atoms in total. The summed E-state index contributed by atoms with van der Waals surface area (Å²) < 4.78 is 5.43. The summed E-state index contributed by atoms with van der Waals surface area (Å²) in [6.07, 6.45) is 0. The van der Waals surface area contributed by atoms with Crippen molar-refractivity contribution in [3.8, 4) is 16.3 Å². The number of aromatic nitrogens is 1. The van der Waals surface area contributed by atoms with Gasteiger partial charge in [-0.25, -0.2) is 4.98 Å². The molecule has 144 valence electrons. The number of carbonyl (C=O) groups is 1. The van der Waals surface area contributed by atoms with E-state index in [1.807, 2.05) is 31.2 Å². The molecule has 0 fully saturated rings. The van der Waals surface area contributed by atoms with Crippen LogP contribution in [-0.2, 0) is 0 Å². The maximum atomic E-state index is 12.6. The molecule has 2 aromatic carbocycles. The lowest BCUT2D eigenvalue weighted by Gasteiger charge is -2.04. The largest absolute Gasteiger partial charge is 0.494 e. The number of amides is 1. The van der Waals surface area contributed by atoms with E-state index >= 15 is 0 Å². The molecule has 0 radical (unpaired) electrons. The number of thiazole rings is 1. The van der Waals surface area contributed by atoms with Gasteiger partial charge in [0.25, 0.3) is 11.6 Å². The second-order valence-corrected chi connectivity index (χ2v) is 7.17. The summed E-state index contributed by atoms with van der Waals surface area (Å²) in [5.41, 5.74) is 1.47. The number of carbonyl (C=O) groups excluding carboxylic acids is 1. The van der Waals surface area contributed by atoms with Crippen molar-refractivity contribution in [1.82, 2.24) is 4.98 Å². The summed E-state index contributed by atoms with van der Waals surface area (Å²) in [6.45, 7) is 4.24. The zero-order valence-electron chi connectivity index (χ0n) is 15.1. The minimum Gasteiger partial charge on any atom is -0.494 e. The molecule has 1 heterocycles. The van der Waals surface area contributed by atoms with Crippen LogP contribution in [0.3, 0.4) is 0 Å². The van der Waals surface area contributed by atoms with Crippen LogP contribution < -0.4 is 10.1 Å². The van der Waals surface area contributed by atoms with Gasteiger partial charge in [-0.05, 0) is 50.2 Å². The van der Waals surface area contributed by atoms with Gasteiger partial charge in [-0.2, -0.15) is 0 Å². The number of nitro groups is 1. The quantitative estimate of drug-likeness (QED) is 0.432. The van der Waals surface area contributed by atoms with Gasteiger partial charge in [0.1, 0.15) is 20.7 Å². The number of rotatable bonds is 6. The highest BCUT2D eigenvalue weighted by Crippen LogP contribution is 2.31. The van der Waals surface area contributed by atoms with E-state index in [9.17, 15) is 14.9 Å². The Morgan fingerprint density at radius 1 is 1.29 bits per heavy atom. The lowest BCUT2D eigenvalue weighted by Crippen LogP contribution is -2.11. The molecule has 1 N–H and O–H groups in total. The zero-order chi connectivity index (χ0) is 20.3. The maximum absolute atomic E-state index is 12.6. The predicted octanol–water partition coefficient (Wildman–Crippen LogP) is 5.33. The van der Waals surface area contributed by atoms with Crippen LogP contribution in [0.15, 0.2) is 42.5 Å². The Morgan fingerprint density at radius 2 is 2.00 bits per heavy atom. The molecule has 9 heteroatoms. The van der Waals surface area contributed by atoms with Crippen molar-refractivity contribution >= 4 is 40.2 Å². The number of hydrogen-bond donors (Lipinski definition) is 1. The molecule has 0 aliphatic rings. The molecule has 1 aromatic heterocycles. The number of nitrogens with zero attached hydrogens (tertiary/aromatic N) is 2. The third-order valence-electron chi connectivity index (χ3n) is 3.82. The molecule has 0 spiro atoms. The lowest BCUT2D eigenvalue weighted by atomic mass is 10.2. The topological polar surface area (TPSA) is 94.4 Å². The van der Waals surface area contributed by atoms with E-state index in [4.69, 9.17) is 16.3 Å². The summed E-state index contributed by atoms with van der Waals surface area (Å²) in [6, 6.07) is 11.6. The number of nitro benzene ring substituents is 1. The Balaban J connectivity index is 1.81. The second kappa shape index (κ2) is 8.37. The molecule has 0 atom stereocenters. The van der Waals surface area contributed by atoms with Crippen molar-refractivity contribution in [1.29, 1.82) is 0 Å². The average Bonchev–Trinajstić information content (AvgIpc) is 3.06. The summed E-state index contributed by atoms with van der Waals surface area (Å²) in [5.74, 6) is 0.380. The van der Waals surface area contributed by atoms with Crippen LogP contribution in [0.2, 0.25) is 5.02 Å². The molecule has 0 saturated heterocycles. The number of nitrogens with one attached hydrogen (secondary N) is 1. The summed E-state index contributed by atoms with van der Waals surface area (Å²) in [4.78, 5) is 27.9. The summed E-state index contributed by atoms with van der Waals surface area (Å²) >= 11 is 7.05. The van der Waals surface area contributed by atoms with Gasteiger partial charge in [0.2, 0.25) is 0 Å². The van der Waals surface area contributed by atoms with E-state index < -0.39 is 4.92 Å². The summed E-state index contributed by atoms with van der Waals surface area (Å²) in [5, 5.41) is 14.4. The number of halogens is 1. The highest BCUT2D eigenvalue weighted by atomic mass is 35.5. The molecular formula is C19H16ClN3O4S. The van der Waals surface area contributed by atoms with Crippen LogP contribution in [0.1, 0.15) is 22.3 Å². The van der Waals surface area contributed by atoms with Crippen LogP contribution in [0.5, 0.6) is 5.75 Å². The van der Waals surface area contributed by atoms with Gasteiger partial charge in [0, 0.05) is 17.3 Å². The average molecular weight is 418 g/mol. The zero-order valence-corrected chi connectivity index (χ0v) is 16.6. The fraction of sp³-hybridized carbons (Fsp3) is 0.158. The van der Waals surface area contributed by atoms with Crippen molar-refractivity contribution in [2.75, 3.05) is 11.9 Å². The molecule has 28 heavy (non-hydrogen) atoms. The van der Waals surface area contributed by atoms with Crippen molar-refractivity contribution in [3.63, 3.8) is 0 Å². The van der Waals surface area contributed by atoms with E-state index in [0.29, 0.717) is 22.2 Å². The Kier molecular flexibility index (Phi) is 5.91. The smallest absolute Gasteiger partial charge is 0.289 e.